The van der Waals surface area contributed by atoms with Gasteiger partial charge in [-0.2, -0.15) is 52.7 Å². The van der Waals surface area contributed by atoms with E-state index in [4.69, 9.17) is 4.74 Å². The van der Waals surface area contributed by atoms with E-state index in [9.17, 15) is 80.9 Å². The van der Waals surface area contributed by atoms with Crippen LogP contribution >= 0.6 is 0 Å². The Morgan fingerprint density at radius 3 is 1.33 bits per heavy atom. The second-order valence-corrected chi connectivity index (χ2v) is 11.8. The van der Waals surface area contributed by atoms with Crippen LogP contribution < -0.4 is 0 Å². The number of aliphatic hydroxyl groups is 2. The largest absolute Gasteiger partial charge is 0.457 e. The summed E-state index contributed by atoms with van der Waals surface area (Å²) in [5.74, 6) is -16.1. The summed E-state index contributed by atoms with van der Waals surface area (Å²) in [5.41, 5.74) is -17.4. The van der Waals surface area contributed by atoms with Gasteiger partial charge in [0.05, 0.1) is 0 Å². The predicted octanol–water partition coefficient (Wildman–Crippen LogP) is 7.07. The lowest BCUT2D eigenvalue weighted by molar-refractivity contribution is -0.381. The Balaban J connectivity index is 2.61. The highest BCUT2D eigenvalue weighted by Gasteiger charge is 2.75. The van der Waals surface area contributed by atoms with E-state index >= 15 is 0 Å². The predicted molar refractivity (Wildman–Crippen MR) is 110 cm³/mol. The summed E-state index contributed by atoms with van der Waals surface area (Å²) in [5, 5.41) is 19.4. The van der Waals surface area contributed by atoms with Gasteiger partial charge in [-0.25, -0.2) is 18.0 Å². The number of carbonyl (C=O) groups excluding carboxylic acids is 1. The normalized spacial score (nSPS) is 28.2. The number of carbonyl (C=O) groups is 1. The fourth-order valence-electron chi connectivity index (χ4n) is 6.08. The smallest absolute Gasteiger partial charge is 0.426 e. The third-order valence-corrected chi connectivity index (χ3v) is 8.75. The van der Waals surface area contributed by atoms with Crippen LogP contribution in [0.2, 0.25) is 0 Å². The quantitative estimate of drug-likeness (QED) is 0.218. The van der Waals surface area contributed by atoms with Crippen LogP contribution in [0.3, 0.4) is 0 Å². The molecular weight excluding hydrogens is 625 g/mol. The Labute approximate surface area is 228 Å². The lowest BCUT2D eigenvalue weighted by Crippen LogP contribution is -2.61. The first-order chi connectivity index (χ1) is 18.2. The van der Waals surface area contributed by atoms with E-state index in [1.54, 1.807) is 0 Å². The first kappa shape index (κ1) is 36.5. The van der Waals surface area contributed by atoms with Crippen LogP contribution in [-0.4, -0.2) is 69.3 Å². The Hall–Kier alpha value is -1.66. The molecule has 0 aromatic rings. The maximum Gasteiger partial charge on any atom is 0.426 e. The van der Waals surface area contributed by atoms with Crippen molar-refractivity contribution in [3.63, 3.8) is 0 Å². The number of fused-ring (bicyclic) bond motifs is 2. The molecule has 2 rings (SSSR count). The molecule has 42 heavy (non-hydrogen) atoms. The SMILES string of the molecule is CC(C)(OC(=O)C(C)(F)C(C)(F)F)C1CC2CC1C(CC(O)(C(F)(F)F)C(F)(F)F)C2CC(O)(C(F)(F)F)C(F)(F)F. The van der Waals surface area contributed by atoms with Gasteiger partial charge in [-0.3, -0.25) is 0 Å². The number of ether oxygens (including phenoxy) is 1. The third kappa shape index (κ3) is 6.01. The van der Waals surface area contributed by atoms with Gasteiger partial charge >= 0.3 is 30.7 Å². The second kappa shape index (κ2) is 10.2. The molecular formula is C23H27F15O4. The van der Waals surface area contributed by atoms with E-state index in [0.29, 0.717) is 0 Å². The fraction of sp³-hybridized carbons (Fsp3) is 0.957. The zero-order valence-corrected chi connectivity index (χ0v) is 22.1. The van der Waals surface area contributed by atoms with Crippen LogP contribution in [0, 0.1) is 29.6 Å². The van der Waals surface area contributed by atoms with Crippen molar-refractivity contribution in [1.29, 1.82) is 0 Å². The first-order valence-corrected chi connectivity index (χ1v) is 12.2. The van der Waals surface area contributed by atoms with Crippen LogP contribution in [-0.2, 0) is 9.53 Å². The topological polar surface area (TPSA) is 66.8 Å². The molecule has 0 amide bonds. The molecule has 0 aromatic carbocycles. The van der Waals surface area contributed by atoms with Crippen molar-refractivity contribution in [3.05, 3.63) is 0 Å². The molecule has 19 heteroatoms. The van der Waals surface area contributed by atoms with Crippen molar-refractivity contribution in [2.45, 2.75) is 106 Å². The molecule has 248 valence electrons. The summed E-state index contributed by atoms with van der Waals surface area (Å²) < 4.78 is 208. The van der Waals surface area contributed by atoms with Crippen molar-refractivity contribution in [2.75, 3.05) is 0 Å². The van der Waals surface area contributed by atoms with Gasteiger partial charge in [0, 0.05) is 12.8 Å². The number of alkyl halides is 15. The van der Waals surface area contributed by atoms with Gasteiger partial charge < -0.3 is 14.9 Å². The molecule has 0 radical (unpaired) electrons. The van der Waals surface area contributed by atoms with Crippen molar-refractivity contribution in [2.24, 2.45) is 29.6 Å². The lowest BCUT2D eigenvalue weighted by atomic mass is 9.63. The molecule has 4 nitrogen and oxygen atoms in total. The Bertz CT molecular complexity index is 976. The van der Waals surface area contributed by atoms with Crippen LogP contribution in [0.1, 0.15) is 53.4 Å². The summed E-state index contributed by atoms with van der Waals surface area (Å²) in [6.45, 7) is 1.91. The average molecular weight is 652 g/mol. The van der Waals surface area contributed by atoms with Crippen molar-refractivity contribution < 1.29 is 85.6 Å². The summed E-state index contributed by atoms with van der Waals surface area (Å²) in [6, 6.07) is 0. The minimum absolute atomic E-state index is 0.00300. The van der Waals surface area contributed by atoms with Gasteiger partial charge in [-0.05, 0) is 70.1 Å². The standard InChI is InChI=1S/C23H27F15O4/c1-15(2,42-14(39)16(3,24)17(4,25)26)13-6-9-5-10(13)12(8-19(41,22(33,34)35)23(36,37)38)11(9)7-18(40,20(27,28)29)21(30,31)32/h9-13,40-41H,5-8H2,1-4H3. The molecule has 0 aromatic heterocycles. The number of esters is 1. The van der Waals surface area contributed by atoms with E-state index in [-0.39, 0.29) is 13.8 Å². The van der Waals surface area contributed by atoms with E-state index in [1.165, 1.54) is 0 Å². The molecule has 6 unspecified atom stereocenters. The van der Waals surface area contributed by atoms with Crippen LogP contribution in [0.4, 0.5) is 65.9 Å². The summed E-state index contributed by atoms with van der Waals surface area (Å²) in [4.78, 5) is 12.2. The number of hydrogen-bond donors (Lipinski definition) is 2. The van der Waals surface area contributed by atoms with Gasteiger partial charge in [0.2, 0.25) is 0 Å². The molecule has 6 atom stereocenters. The Kier molecular flexibility index (Phi) is 8.86. The molecule has 2 bridgehead atoms. The maximum atomic E-state index is 14.5. The molecule has 0 saturated heterocycles. The highest BCUT2D eigenvalue weighted by molar-refractivity contribution is 5.80. The fourth-order valence-corrected chi connectivity index (χ4v) is 6.08. The average Bonchev–Trinajstić information content (AvgIpc) is 3.29. The number of rotatable bonds is 8. The van der Waals surface area contributed by atoms with Gasteiger partial charge in [-0.15, -0.1) is 0 Å². The monoisotopic (exact) mass is 652 g/mol. The second-order valence-electron chi connectivity index (χ2n) is 11.8. The van der Waals surface area contributed by atoms with Gasteiger partial charge in [0.25, 0.3) is 22.8 Å². The van der Waals surface area contributed by atoms with Crippen molar-refractivity contribution in [3.8, 4) is 0 Å². The van der Waals surface area contributed by atoms with E-state index in [2.05, 4.69) is 0 Å². The number of halogens is 15. The molecule has 2 N–H and O–H groups in total. The zero-order valence-electron chi connectivity index (χ0n) is 22.1. The first-order valence-electron chi connectivity index (χ1n) is 12.2. The summed E-state index contributed by atoms with van der Waals surface area (Å²) in [6.07, 6.45) is -32.2. The van der Waals surface area contributed by atoms with E-state index < -0.39 is 114 Å². The minimum atomic E-state index is -6.53. The lowest BCUT2D eigenvalue weighted by Gasteiger charge is -2.47. The van der Waals surface area contributed by atoms with Crippen molar-refractivity contribution in [1.82, 2.24) is 0 Å². The van der Waals surface area contributed by atoms with E-state index in [0.717, 1.165) is 13.8 Å². The van der Waals surface area contributed by atoms with Gasteiger partial charge in [0.15, 0.2) is 0 Å². The van der Waals surface area contributed by atoms with Gasteiger partial charge in [0.1, 0.15) is 5.60 Å². The summed E-state index contributed by atoms with van der Waals surface area (Å²) in [7, 11) is 0. The van der Waals surface area contributed by atoms with Crippen LogP contribution in [0.25, 0.3) is 0 Å². The Morgan fingerprint density at radius 2 is 1.00 bits per heavy atom. The molecule has 0 spiro atoms. The molecule has 2 saturated carbocycles. The van der Waals surface area contributed by atoms with E-state index in [1.807, 2.05) is 0 Å². The Morgan fingerprint density at radius 1 is 0.643 bits per heavy atom. The van der Waals surface area contributed by atoms with Gasteiger partial charge in [-0.1, -0.05) is 0 Å². The van der Waals surface area contributed by atoms with Crippen LogP contribution in [0.5, 0.6) is 0 Å². The van der Waals surface area contributed by atoms with Crippen molar-refractivity contribution >= 4 is 5.97 Å². The molecule has 2 fully saturated rings. The minimum Gasteiger partial charge on any atom is -0.457 e. The maximum absolute atomic E-state index is 14.5. The highest BCUT2D eigenvalue weighted by atomic mass is 19.4. The third-order valence-electron chi connectivity index (χ3n) is 8.75. The summed E-state index contributed by atoms with van der Waals surface area (Å²) >= 11 is 0. The highest BCUT2D eigenvalue weighted by Crippen LogP contribution is 2.65. The van der Waals surface area contributed by atoms with Crippen LogP contribution in [0.15, 0.2) is 0 Å². The zero-order chi connectivity index (χ0) is 33.5. The molecule has 2 aliphatic carbocycles. The molecule has 0 heterocycles. The molecule has 0 aliphatic heterocycles. The molecule has 2 aliphatic rings. The number of hydrogen-bond acceptors (Lipinski definition) is 4.